The van der Waals surface area contributed by atoms with Crippen molar-refractivity contribution < 1.29 is 15.0 Å². The summed E-state index contributed by atoms with van der Waals surface area (Å²) in [4.78, 5) is 17.9. The third-order valence-electron chi connectivity index (χ3n) is 6.37. The number of aliphatic hydroxyl groups excluding tert-OH is 1. The van der Waals surface area contributed by atoms with Gasteiger partial charge in [0, 0.05) is 24.4 Å². The molecule has 0 saturated carbocycles. The van der Waals surface area contributed by atoms with Crippen LogP contribution in [-0.4, -0.2) is 41.6 Å². The first kappa shape index (κ1) is 24.4. The number of rotatable bonds is 8. The molecule has 0 aliphatic rings. The van der Waals surface area contributed by atoms with E-state index in [4.69, 9.17) is 4.98 Å². The number of amides is 1. The van der Waals surface area contributed by atoms with Crippen molar-refractivity contribution in [3.63, 3.8) is 0 Å². The standard InChI is InChI=1S/C29H29N5O3/c1-3-34-25-18-21(27(36)31-26-16-17-33(32-26)19-20(2)35)14-15-24(25)30-28(34)29(37,22-10-6-4-7-11-22)23-12-8-5-9-13-23/h4-18,20,35,37H,3,19H2,1-2H3,(H,31,32,36). The first-order valence-corrected chi connectivity index (χ1v) is 12.3. The summed E-state index contributed by atoms with van der Waals surface area (Å²) >= 11 is 0. The van der Waals surface area contributed by atoms with Gasteiger partial charge in [-0.05, 0) is 43.2 Å². The lowest BCUT2D eigenvalue weighted by atomic mass is 9.85. The van der Waals surface area contributed by atoms with Crippen LogP contribution in [0.4, 0.5) is 5.82 Å². The number of fused-ring (bicyclic) bond motifs is 1. The van der Waals surface area contributed by atoms with Crippen molar-refractivity contribution in [1.82, 2.24) is 19.3 Å². The Morgan fingerprint density at radius 3 is 2.24 bits per heavy atom. The summed E-state index contributed by atoms with van der Waals surface area (Å²) in [6, 6.07) is 26.0. The maximum Gasteiger partial charge on any atom is 0.256 e. The summed E-state index contributed by atoms with van der Waals surface area (Å²) in [5, 5.41) is 28.9. The highest BCUT2D eigenvalue weighted by Crippen LogP contribution is 2.37. The molecule has 5 aromatic rings. The molecule has 3 aromatic carbocycles. The Balaban J connectivity index is 1.56. The van der Waals surface area contributed by atoms with Crippen molar-refractivity contribution in [1.29, 1.82) is 0 Å². The number of imidazole rings is 1. The second-order valence-corrected chi connectivity index (χ2v) is 9.05. The molecule has 0 spiro atoms. The molecule has 1 atom stereocenters. The molecule has 0 radical (unpaired) electrons. The maximum atomic E-state index is 13.0. The summed E-state index contributed by atoms with van der Waals surface area (Å²) in [5.41, 5.74) is 1.79. The van der Waals surface area contributed by atoms with Gasteiger partial charge in [-0.15, -0.1) is 0 Å². The van der Waals surface area contributed by atoms with Gasteiger partial charge in [-0.1, -0.05) is 60.7 Å². The molecule has 0 saturated heterocycles. The number of aliphatic hydroxyl groups is 2. The molecule has 188 valence electrons. The fraction of sp³-hybridized carbons (Fsp3) is 0.207. The first-order chi connectivity index (χ1) is 17.9. The topological polar surface area (TPSA) is 105 Å². The number of anilines is 1. The lowest BCUT2D eigenvalue weighted by Crippen LogP contribution is -2.32. The molecule has 8 heteroatoms. The Labute approximate surface area is 214 Å². The lowest BCUT2D eigenvalue weighted by molar-refractivity contribution is 0.102. The van der Waals surface area contributed by atoms with Gasteiger partial charge in [-0.2, -0.15) is 5.10 Å². The lowest BCUT2D eigenvalue weighted by Gasteiger charge is -2.29. The molecule has 5 rings (SSSR count). The quantitative estimate of drug-likeness (QED) is 0.300. The van der Waals surface area contributed by atoms with Crippen molar-refractivity contribution in [3.8, 4) is 0 Å². The molecule has 0 aliphatic heterocycles. The fourth-order valence-corrected chi connectivity index (χ4v) is 4.63. The minimum absolute atomic E-state index is 0.309. The van der Waals surface area contributed by atoms with Gasteiger partial charge in [0.1, 0.15) is 0 Å². The van der Waals surface area contributed by atoms with Crippen LogP contribution in [-0.2, 0) is 18.7 Å². The Hall–Kier alpha value is -4.27. The molecule has 1 amide bonds. The van der Waals surface area contributed by atoms with E-state index >= 15 is 0 Å². The fourth-order valence-electron chi connectivity index (χ4n) is 4.63. The van der Waals surface area contributed by atoms with E-state index in [9.17, 15) is 15.0 Å². The van der Waals surface area contributed by atoms with Gasteiger partial charge in [0.25, 0.3) is 5.91 Å². The van der Waals surface area contributed by atoms with Crippen LogP contribution < -0.4 is 5.32 Å². The van der Waals surface area contributed by atoms with Crippen LogP contribution in [0.25, 0.3) is 11.0 Å². The average molecular weight is 496 g/mol. The number of hydrogen-bond donors (Lipinski definition) is 3. The Bertz CT molecular complexity index is 1480. The number of carbonyl (C=O) groups is 1. The summed E-state index contributed by atoms with van der Waals surface area (Å²) < 4.78 is 3.53. The predicted molar refractivity (Wildman–Crippen MR) is 142 cm³/mol. The van der Waals surface area contributed by atoms with Gasteiger partial charge in [-0.3, -0.25) is 9.48 Å². The third kappa shape index (κ3) is 4.64. The molecule has 1 unspecified atom stereocenters. The number of nitrogens with one attached hydrogen (secondary N) is 1. The molecular weight excluding hydrogens is 466 g/mol. The summed E-state index contributed by atoms with van der Waals surface area (Å²) in [7, 11) is 0. The van der Waals surface area contributed by atoms with E-state index in [0.717, 1.165) is 5.52 Å². The van der Waals surface area contributed by atoms with Crippen LogP contribution in [0.2, 0.25) is 0 Å². The minimum atomic E-state index is -1.49. The van der Waals surface area contributed by atoms with Crippen LogP contribution in [0.5, 0.6) is 0 Å². The van der Waals surface area contributed by atoms with E-state index in [-0.39, 0.29) is 5.91 Å². The number of carbonyl (C=O) groups excluding carboxylic acids is 1. The van der Waals surface area contributed by atoms with Crippen molar-refractivity contribution >= 4 is 22.8 Å². The molecule has 2 heterocycles. The summed E-state index contributed by atoms with van der Waals surface area (Å²) in [5.74, 6) is 0.575. The highest BCUT2D eigenvalue weighted by molar-refractivity contribution is 6.05. The molecule has 2 aromatic heterocycles. The van der Waals surface area contributed by atoms with E-state index in [2.05, 4.69) is 10.4 Å². The predicted octanol–water partition coefficient (Wildman–Crippen LogP) is 4.17. The van der Waals surface area contributed by atoms with Gasteiger partial charge >= 0.3 is 0 Å². The summed E-state index contributed by atoms with van der Waals surface area (Å²) in [6.07, 6.45) is 1.16. The van der Waals surface area contributed by atoms with Gasteiger partial charge in [-0.25, -0.2) is 4.98 Å². The number of benzene rings is 3. The maximum absolute atomic E-state index is 13.0. The minimum Gasteiger partial charge on any atom is -0.391 e. The highest BCUT2D eigenvalue weighted by Gasteiger charge is 2.38. The molecule has 0 fully saturated rings. The molecule has 0 bridgehead atoms. The monoisotopic (exact) mass is 495 g/mol. The Kier molecular flexibility index (Phi) is 6.60. The van der Waals surface area contributed by atoms with Gasteiger partial charge in [0.2, 0.25) is 0 Å². The third-order valence-corrected chi connectivity index (χ3v) is 6.37. The van der Waals surface area contributed by atoms with Gasteiger partial charge in [0.15, 0.2) is 17.2 Å². The zero-order valence-corrected chi connectivity index (χ0v) is 20.7. The second kappa shape index (κ2) is 10.0. The van der Waals surface area contributed by atoms with Crippen LogP contribution in [0.3, 0.4) is 0 Å². The number of aromatic nitrogens is 4. The van der Waals surface area contributed by atoms with Crippen LogP contribution in [0.1, 0.15) is 41.2 Å². The van der Waals surface area contributed by atoms with Crippen molar-refractivity contribution in [2.24, 2.45) is 0 Å². The normalized spacial score (nSPS) is 12.5. The van der Waals surface area contributed by atoms with E-state index in [1.165, 1.54) is 0 Å². The first-order valence-electron chi connectivity index (χ1n) is 12.3. The molecular formula is C29H29N5O3. The van der Waals surface area contributed by atoms with Crippen LogP contribution in [0, 0.1) is 0 Å². The Morgan fingerprint density at radius 2 is 1.65 bits per heavy atom. The van der Waals surface area contributed by atoms with Crippen molar-refractivity contribution in [3.05, 3.63) is 114 Å². The van der Waals surface area contributed by atoms with E-state index in [0.29, 0.717) is 46.9 Å². The van der Waals surface area contributed by atoms with Crippen LogP contribution >= 0.6 is 0 Å². The largest absolute Gasteiger partial charge is 0.391 e. The number of aryl methyl sites for hydroxylation is 1. The zero-order valence-electron chi connectivity index (χ0n) is 20.7. The van der Waals surface area contributed by atoms with Gasteiger partial charge in [0.05, 0.1) is 23.7 Å². The molecule has 37 heavy (non-hydrogen) atoms. The molecule has 3 N–H and O–H groups in total. The van der Waals surface area contributed by atoms with E-state index in [1.807, 2.05) is 72.2 Å². The Morgan fingerprint density at radius 1 is 1.00 bits per heavy atom. The number of hydrogen-bond acceptors (Lipinski definition) is 5. The highest BCUT2D eigenvalue weighted by atomic mass is 16.3. The SMILES string of the molecule is CCn1c(C(O)(c2ccccc2)c2ccccc2)nc2ccc(C(=O)Nc3ccn(CC(C)O)n3)cc21. The van der Waals surface area contributed by atoms with E-state index < -0.39 is 11.7 Å². The van der Waals surface area contributed by atoms with Crippen molar-refractivity contribution in [2.75, 3.05) is 5.32 Å². The smallest absolute Gasteiger partial charge is 0.256 e. The molecule has 0 aliphatic carbocycles. The summed E-state index contributed by atoms with van der Waals surface area (Å²) in [6.45, 7) is 4.55. The second-order valence-electron chi connectivity index (χ2n) is 9.05. The molecule has 8 nitrogen and oxygen atoms in total. The average Bonchev–Trinajstić information content (AvgIpc) is 3.52. The number of nitrogens with zero attached hydrogens (tertiary/aromatic N) is 4. The van der Waals surface area contributed by atoms with Gasteiger partial charge < -0.3 is 20.1 Å². The zero-order chi connectivity index (χ0) is 26.0. The van der Waals surface area contributed by atoms with Crippen LogP contribution in [0.15, 0.2) is 91.1 Å². The van der Waals surface area contributed by atoms with Crippen molar-refractivity contribution in [2.45, 2.75) is 38.6 Å². The van der Waals surface area contributed by atoms with E-state index in [1.54, 1.807) is 42.1 Å².